The quantitative estimate of drug-likeness (QED) is 0.463. The van der Waals surface area contributed by atoms with Gasteiger partial charge in [0, 0.05) is 18.2 Å². The van der Waals surface area contributed by atoms with E-state index in [1.54, 1.807) is 6.07 Å². The third kappa shape index (κ3) is 3.51. The van der Waals surface area contributed by atoms with Crippen LogP contribution in [0, 0.1) is 5.82 Å². The van der Waals surface area contributed by atoms with Crippen LogP contribution < -0.4 is 0 Å². The molecule has 0 saturated heterocycles. The lowest BCUT2D eigenvalue weighted by Crippen LogP contribution is -2.06. The molecule has 0 amide bonds. The third-order valence-corrected chi connectivity index (χ3v) is 4.28. The highest BCUT2D eigenvalue weighted by Gasteiger charge is 2.13. The number of imidazole rings is 1. The fourth-order valence-electron chi connectivity index (χ4n) is 3.06. The number of fused-ring (bicyclic) bond motifs is 1. The van der Waals surface area contributed by atoms with Crippen LogP contribution in [-0.4, -0.2) is 16.2 Å². The Morgan fingerprint density at radius 2 is 1.62 bits per heavy atom. The normalized spacial score (nSPS) is 11.1. The molecule has 1 heterocycles. The van der Waals surface area contributed by atoms with Crippen LogP contribution in [0.5, 0.6) is 0 Å². The van der Waals surface area contributed by atoms with Crippen molar-refractivity contribution < 1.29 is 9.13 Å². The van der Waals surface area contributed by atoms with Crippen LogP contribution in [0.3, 0.4) is 0 Å². The lowest BCUT2D eigenvalue weighted by atomic mass is 10.2. The molecule has 0 aliphatic heterocycles. The predicted molar refractivity (Wildman–Crippen MR) is 101 cm³/mol. The minimum absolute atomic E-state index is 0.263. The lowest BCUT2D eigenvalue weighted by molar-refractivity contribution is 0.122. The number of rotatable bonds is 6. The van der Waals surface area contributed by atoms with Gasteiger partial charge in [-0.05, 0) is 29.8 Å². The summed E-state index contributed by atoms with van der Waals surface area (Å²) in [5.41, 5.74) is 3.67. The van der Waals surface area contributed by atoms with Crippen molar-refractivity contribution in [3.63, 3.8) is 0 Å². The van der Waals surface area contributed by atoms with Crippen LogP contribution in [0.15, 0.2) is 78.9 Å². The molecule has 0 spiro atoms. The third-order valence-electron chi connectivity index (χ3n) is 4.28. The molecule has 3 aromatic carbocycles. The summed E-state index contributed by atoms with van der Waals surface area (Å²) in [5, 5.41) is 0. The van der Waals surface area contributed by atoms with Gasteiger partial charge in [-0.2, -0.15) is 0 Å². The van der Waals surface area contributed by atoms with E-state index in [-0.39, 0.29) is 5.82 Å². The minimum atomic E-state index is -0.263. The van der Waals surface area contributed by atoms with Gasteiger partial charge >= 0.3 is 0 Å². The van der Waals surface area contributed by atoms with E-state index in [1.165, 1.54) is 12.1 Å². The standard InChI is InChI=1S/C22H19FN2O/c23-18-11-12-20-21(15-18)25(19-9-5-2-6-10-19)22(24-20)13-14-26-16-17-7-3-1-4-8-17/h1-12,15H,13-14,16H2. The van der Waals surface area contributed by atoms with Gasteiger partial charge < -0.3 is 4.74 Å². The van der Waals surface area contributed by atoms with E-state index in [2.05, 4.69) is 0 Å². The van der Waals surface area contributed by atoms with E-state index in [0.29, 0.717) is 19.6 Å². The molecule has 0 unspecified atom stereocenters. The molecular formula is C22H19FN2O. The summed E-state index contributed by atoms with van der Waals surface area (Å²) in [6, 6.07) is 24.7. The van der Waals surface area contributed by atoms with Gasteiger partial charge in [-0.3, -0.25) is 4.57 Å². The molecule has 0 N–H and O–H groups in total. The van der Waals surface area contributed by atoms with Gasteiger partial charge in [0.25, 0.3) is 0 Å². The first-order valence-corrected chi connectivity index (χ1v) is 8.65. The molecule has 0 saturated carbocycles. The monoisotopic (exact) mass is 346 g/mol. The molecule has 4 rings (SSSR count). The SMILES string of the molecule is Fc1ccc2nc(CCOCc3ccccc3)n(-c3ccccc3)c2c1. The molecule has 4 aromatic rings. The molecule has 1 aromatic heterocycles. The van der Waals surface area contributed by atoms with Crippen molar-refractivity contribution in [1.29, 1.82) is 0 Å². The first-order valence-electron chi connectivity index (χ1n) is 8.65. The second kappa shape index (κ2) is 7.50. The van der Waals surface area contributed by atoms with Crippen LogP contribution in [0.25, 0.3) is 16.7 Å². The number of aromatic nitrogens is 2. The van der Waals surface area contributed by atoms with Crippen LogP contribution in [-0.2, 0) is 17.8 Å². The second-order valence-electron chi connectivity index (χ2n) is 6.12. The fourth-order valence-corrected chi connectivity index (χ4v) is 3.06. The lowest BCUT2D eigenvalue weighted by Gasteiger charge is -2.10. The van der Waals surface area contributed by atoms with Crippen molar-refractivity contribution in [3.05, 3.63) is 96.1 Å². The van der Waals surface area contributed by atoms with Gasteiger partial charge in [0.05, 0.1) is 24.2 Å². The summed E-state index contributed by atoms with van der Waals surface area (Å²) in [4.78, 5) is 4.69. The first kappa shape index (κ1) is 16.5. The van der Waals surface area contributed by atoms with Gasteiger partial charge in [-0.15, -0.1) is 0 Å². The molecule has 0 aliphatic rings. The van der Waals surface area contributed by atoms with Crippen LogP contribution in [0.1, 0.15) is 11.4 Å². The van der Waals surface area contributed by atoms with E-state index >= 15 is 0 Å². The molecule has 3 nitrogen and oxygen atoms in total. The summed E-state index contributed by atoms with van der Waals surface area (Å²) in [6.45, 7) is 1.12. The summed E-state index contributed by atoms with van der Waals surface area (Å²) in [6.07, 6.45) is 0.651. The maximum absolute atomic E-state index is 13.8. The zero-order valence-electron chi connectivity index (χ0n) is 14.3. The van der Waals surface area contributed by atoms with E-state index in [0.717, 1.165) is 28.1 Å². The average Bonchev–Trinajstić information content (AvgIpc) is 3.04. The Morgan fingerprint density at radius 1 is 0.885 bits per heavy atom. The molecule has 0 bridgehead atoms. The topological polar surface area (TPSA) is 27.1 Å². The van der Waals surface area contributed by atoms with Crippen molar-refractivity contribution in [3.8, 4) is 5.69 Å². The van der Waals surface area contributed by atoms with E-state index in [4.69, 9.17) is 9.72 Å². The maximum Gasteiger partial charge on any atom is 0.125 e. The van der Waals surface area contributed by atoms with Crippen molar-refractivity contribution >= 4 is 11.0 Å². The Balaban J connectivity index is 1.58. The number of ether oxygens (including phenoxy) is 1. The van der Waals surface area contributed by atoms with Gasteiger partial charge in [-0.25, -0.2) is 9.37 Å². The van der Waals surface area contributed by atoms with Gasteiger partial charge in [0.15, 0.2) is 0 Å². The van der Waals surface area contributed by atoms with E-state index < -0.39 is 0 Å². The van der Waals surface area contributed by atoms with Crippen molar-refractivity contribution in [2.75, 3.05) is 6.61 Å². The molecule has 0 atom stereocenters. The van der Waals surface area contributed by atoms with Crippen molar-refractivity contribution in [2.24, 2.45) is 0 Å². The molecule has 0 fully saturated rings. The molecular weight excluding hydrogens is 327 g/mol. The van der Waals surface area contributed by atoms with Crippen molar-refractivity contribution in [2.45, 2.75) is 13.0 Å². The smallest absolute Gasteiger partial charge is 0.125 e. The van der Waals surface area contributed by atoms with Crippen molar-refractivity contribution in [1.82, 2.24) is 9.55 Å². The number of halogens is 1. The summed E-state index contributed by atoms with van der Waals surface area (Å²) >= 11 is 0. The largest absolute Gasteiger partial charge is 0.376 e. The number of benzene rings is 3. The highest BCUT2D eigenvalue weighted by molar-refractivity contribution is 5.78. The Morgan fingerprint density at radius 3 is 2.38 bits per heavy atom. The summed E-state index contributed by atoms with van der Waals surface area (Å²) in [7, 11) is 0. The maximum atomic E-state index is 13.8. The summed E-state index contributed by atoms with van der Waals surface area (Å²) in [5.74, 6) is 0.603. The number of para-hydroxylation sites is 1. The van der Waals surface area contributed by atoms with E-state index in [9.17, 15) is 4.39 Å². The van der Waals surface area contributed by atoms with Gasteiger partial charge in [0.1, 0.15) is 11.6 Å². The van der Waals surface area contributed by atoms with Gasteiger partial charge in [-0.1, -0.05) is 48.5 Å². The van der Waals surface area contributed by atoms with Crippen LogP contribution >= 0.6 is 0 Å². The predicted octanol–water partition coefficient (Wildman–Crippen LogP) is 4.92. The average molecular weight is 346 g/mol. The Labute approximate surface area is 151 Å². The highest BCUT2D eigenvalue weighted by atomic mass is 19.1. The zero-order chi connectivity index (χ0) is 17.8. The summed E-state index contributed by atoms with van der Waals surface area (Å²) < 4.78 is 21.6. The Hall–Kier alpha value is -2.98. The molecule has 0 aliphatic carbocycles. The highest BCUT2D eigenvalue weighted by Crippen LogP contribution is 2.23. The molecule has 0 radical (unpaired) electrons. The number of hydrogen-bond acceptors (Lipinski definition) is 2. The second-order valence-corrected chi connectivity index (χ2v) is 6.12. The number of hydrogen-bond donors (Lipinski definition) is 0. The van der Waals surface area contributed by atoms with E-state index in [1.807, 2.05) is 65.2 Å². The molecule has 4 heteroatoms. The Kier molecular flexibility index (Phi) is 4.75. The van der Waals surface area contributed by atoms with Crippen LogP contribution in [0.4, 0.5) is 4.39 Å². The zero-order valence-corrected chi connectivity index (χ0v) is 14.3. The molecule has 130 valence electrons. The first-order chi connectivity index (χ1) is 12.8. The number of nitrogens with zero attached hydrogens (tertiary/aromatic N) is 2. The van der Waals surface area contributed by atoms with Crippen LogP contribution in [0.2, 0.25) is 0 Å². The fraction of sp³-hybridized carbons (Fsp3) is 0.136. The van der Waals surface area contributed by atoms with Gasteiger partial charge in [0.2, 0.25) is 0 Å². The molecule has 26 heavy (non-hydrogen) atoms. The Bertz CT molecular complexity index is 997. The minimum Gasteiger partial charge on any atom is -0.376 e.